The van der Waals surface area contributed by atoms with Crippen LogP contribution in [0, 0.1) is 5.41 Å². The fourth-order valence-corrected chi connectivity index (χ4v) is 4.36. The fourth-order valence-electron chi connectivity index (χ4n) is 3.57. The maximum atomic E-state index is 12.8. The molecule has 0 unspecified atom stereocenters. The lowest BCUT2D eigenvalue weighted by Crippen LogP contribution is -2.54. The number of hydrogen-bond donors (Lipinski definition) is 0. The molecule has 0 bridgehead atoms. The van der Waals surface area contributed by atoms with E-state index in [1.54, 1.807) is 17.5 Å². The number of aromatic nitrogens is 2. The predicted octanol–water partition coefficient (Wildman–Crippen LogP) is 4.17. The van der Waals surface area contributed by atoms with Gasteiger partial charge in [-0.3, -0.25) is 9.78 Å². The second kappa shape index (κ2) is 6.63. The lowest BCUT2D eigenvalue weighted by atomic mass is 9.67. The SMILES string of the molecule is CC(C)N(C(=O)Cc1csc(-c2ccccn2)n1)C1CC(C)(C)C1. The van der Waals surface area contributed by atoms with Gasteiger partial charge in [-0.15, -0.1) is 11.3 Å². The smallest absolute Gasteiger partial charge is 0.229 e. The van der Waals surface area contributed by atoms with E-state index in [1.807, 2.05) is 23.6 Å². The van der Waals surface area contributed by atoms with Crippen molar-refractivity contribution in [3.05, 3.63) is 35.5 Å². The third kappa shape index (κ3) is 3.66. The molecular formula is C19H25N3OS. The van der Waals surface area contributed by atoms with Gasteiger partial charge in [0.25, 0.3) is 0 Å². The van der Waals surface area contributed by atoms with Gasteiger partial charge in [-0.2, -0.15) is 0 Å². The largest absolute Gasteiger partial charge is 0.337 e. The van der Waals surface area contributed by atoms with Crippen molar-refractivity contribution in [2.24, 2.45) is 5.41 Å². The maximum absolute atomic E-state index is 12.8. The molecule has 1 fully saturated rings. The van der Waals surface area contributed by atoms with Crippen LogP contribution in [-0.2, 0) is 11.2 Å². The molecule has 2 heterocycles. The fraction of sp³-hybridized carbons (Fsp3) is 0.526. The van der Waals surface area contributed by atoms with Gasteiger partial charge in [-0.1, -0.05) is 19.9 Å². The topological polar surface area (TPSA) is 46.1 Å². The molecule has 0 aromatic carbocycles. The predicted molar refractivity (Wildman–Crippen MR) is 97.8 cm³/mol. The van der Waals surface area contributed by atoms with Crippen molar-refractivity contribution < 1.29 is 4.79 Å². The first-order chi connectivity index (χ1) is 11.4. The highest BCUT2D eigenvalue weighted by Gasteiger charge is 2.42. The standard InChI is InChI=1S/C19H25N3OS/c1-13(2)22(15-10-19(3,4)11-15)17(23)9-14-12-24-18(21-14)16-7-5-6-8-20-16/h5-8,12-13,15H,9-11H2,1-4H3. The van der Waals surface area contributed by atoms with Crippen LogP contribution in [-0.4, -0.2) is 32.9 Å². The lowest BCUT2D eigenvalue weighted by molar-refractivity contribution is -0.140. The van der Waals surface area contributed by atoms with E-state index < -0.39 is 0 Å². The van der Waals surface area contributed by atoms with E-state index in [0.717, 1.165) is 29.2 Å². The van der Waals surface area contributed by atoms with Crippen molar-refractivity contribution in [2.75, 3.05) is 0 Å². The van der Waals surface area contributed by atoms with Crippen LogP contribution < -0.4 is 0 Å². The molecule has 2 aromatic heterocycles. The molecule has 2 aromatic rings. The molecule has 1 aliphatic carbocycles. The Balaban J connectivity index is 1.68. The zero-order valence-corrected chi connectivity index (χ0v) is 15.6. The lowest BCUT2D eigenvalue weighted by Gasteiger charge is -2.49. The first-order valence-corrected chi connectivity index (χ1v) is 9.41. The van der Waals surface area contributed by atoms with Crippen LogP contribution in [0.2, 0.25) is 0 Å². The van der Waals surface area contributed by atoms with Crippen molar-refractivity contribution in [1.82, 2.24) is 14.9 Å². The molecule has 0 spiro atoms. The summed E-state index contributed by atoms with van der Waals surface area (Å²) in [5.74, 6) is 0.184. The highest BCUT2D eigenvalue weighted by Crippen LogP contribution is 2.43. The molecule has 4 nitrogen and oxygen atoms in total. The number of rotatable bonds is 5. The molecule has 0 saturated heterocycles. The Morgan fingerprint density at radius 3 is 2.71 bits per heavy atom. The van der Waals surface area contributed by atoms with E-state index in [1.165, 1.54) is 0 Å². The Labute approximate surface area is 147 Å². The molecular weight excluding hydrogens is 318 g/mol. The number of amides is 1. The van der Waals surface area contributed by atoms with Crippen molar-refractivity contribution in [2.45, 2.75) is 59.0 Å². The summed E-state index contributed by atoms with van der Waals surface area (Å²) in [5, 5.41) is 2.85. The summed E-state index contributed by atoms with van der Waals surface area (Å²) in [4.78, 5) is 23.8. The summed E-state index contributed by atoms with van der Waals surface area (Å²) in [6, 6.07) is 6.39. The second-order valence-corrected chi connectivity index (χ2v) is 8.51. The third-order valence-corrected chi connectivity index (χ3v) is 5.50. The average Bonchev–Trinajstić information content (AvgIpc) is 2.94. The monoisotopic (exact) mass is 343 g/mol. The van der Waals surface area contributed by atoms with Crippen LogP contribution in [0.25, 0.3) is 10.7 Å². The molecule has 0 aliphatic heterocycles. The maximum Gasteiger partial charge on any atom is 0.229 e. The summed E-state index contributed by atoms with van der Waals surface area (Å²) in [7, 11) is 0. The highest BCUT2D eigenvalue weighted by atomic mass is 32.1. The normalized spacial score (nSPS) is 16.9. The van der Waals surface area contributed by atoms with Gasteiger partial charge in [0.2, 0.25) is 5.91 Å². The number of thiazole rings is 1. The first-order valence-electron chi connectivity index (χ1n) is 8.53. The first kappa shape index (κ1) is 17.1. The second-order valence-electron chi connectivity index (χ2n) is 7.66. The molecule has 1 amide bonds. The summed E-state index contributed by atoms with van der Waals surface area (Å²) in [6.07, 6.45) is 4.32. The summed E-state index contributed by atoms with van der Waals surface area (Å²) in [6.45, 7) is 8.74. The van der Waals surface area contributed by atoms with E-state index in [0.29, 0.717) is 17.9 Å². The quantitative estimate of drug-likeness (QED) is 0.818. The van der Waals surface area contributed by atoms with Crippen LogP contribution in [0.15, 0.2) is 29.8 Å². The molecule has 24 heavy (non-hydrogen) atoms. The molecule has 3 rings (SSSR count). The Hall–Kier alpha value is -1.75. The highest BCUT2D eigenvalue weighted by molar-refractivity contribution is 7.13. The molecule has 0 atom stereocenters. The van der Waals surface area contributed by atoms with Gasteiger partial charge in [0.1, 0.15) is 5.01 Å². The van der Waals surface area contributed by atoms with Crippen molar-refractivity contribution in [3.8, 4) is 10.7 Å². The summed E-state index contributed by atoms with van der Waals surface area (Å²) in [5.41, 5.74) is 2.07. The molecule has 1 aliphatic rings. The minimum atomic E-state index is 0.184. The van der Waals surface area contributed by atoms with E-state index >= 15 is 0 Å². The minimum Gasteiger partial charge on any atom is -0.337 e. The van der Waals surface area contributed by atoms with Crippen molar-refractivity contribution in [1.29, 1.82) is 0 Å². The molecule has 0 radical (unpaired) electrons. The van der Waals surface area contributed by atoms with Gasteiger partial charge >= 0.3 is 0 Å². The van der Waals surface area contributed by atoms with E-state index in [-0.39, 0.29) is 11.9 Å². The number of carbonyl (C=O) groups excluding carboxylic acids is 1. The van der Waals surface area contributed by atoms with E-state index in [9.17, 15) is 4.79 Å². The molecule has 128 valence electrons. The zero-order valence-electron chi connectivity index (χ0n) is 14.8. The van der Waals surface area contributed by atoms with Gasteiger partial charge in [0.15, 0.2) is 0 Å². The Morgan fingerprint density at radius 2 is 2.12 bits per heavy atom. The summed E-state index contributed by atoms with van der Waals surface area (Å²) >= 11 is 1.55. The minimum absolute atomic E-state index is 0.184. The van der Waals surface area contributed by atoms with Gasteiger partial charge in [0, 0.05) is 23.7 Å². The zero-order chi connectivity index (χ0) is 17.3. The van der Waals surface area contributed by atoms with Gasteiger partial charge in [0.05, 0.1) is 17.8 Å². The Kier molecular flexibility index (Phi) is 4.72. The number of pyridine rings is 1. The van der Waals surface area contributed by atoms with Crippen LogP contribution in [0.5, 0.6) is 0 Å². The number of carbonyl (C=O) groups is 1. The Bertz CT molecular complexity index is 700. The molecule has 0 N–H and O–H groups in total. The third-order valence-electron chi connectivity index (χ3n) is 4.58. The van der Waals surface area contributed by atoms with E-state index in [4.69, 9.17) is 0 Å². The average molecular weight is 343 g/mol. The van der Waals surface area contributed by atoms with E-state index in [2.05, 4.69) is 42.6 Å². The van der Waals surface area contributed by atoms with Gasteiger partial charge < -0.3 is 4.90 Å². The van der Waals surface area contributed by atoms with Crippen LogP contribution in [0.3, 0.4) is 0 Å². The van der Waals surface area contributed by atoms with Crippen LogP contribution in [0.4, 0.5) is 0 Å². The van der Waals surface area contributed by atoms with Crippen molar-refractivity contribution in [3.63, 3.8) is 0 Å². The van der Waals surface area contributed by atoms with Crippen molar-refractivity contribution >= 4 is 17.2 Å². The summed E-state index contributed by atoms with van der Waals surface area (Å²) < 4.78 is 0. The van der Waals surface area contributed by atoms with Gasteiger partial charge in [-0.05, 0) is 44.2 Å². The van der Waals surface area contributed by atoms with Crippen LogP contribution >= 0.6 is 11.3 Å². The molecule has 5 heteroatoms. The molecule has 1 saturated carbocycles. The van der Waals surface area contributed by atoms with Crippen LogP contribution in [0.1, 0.15) is 46.2 Å². The van der Waals surface area contributed by atoms with Gasteiger partial charge in [-0.25, -0.2) is 4.98 Å². The Morgan fingerprint density at radius 1 is 1.38 bits per heavy atom. The number of hydrogen-bond acceptors (Lipinski definition) is 4. The number of nitrogens with zero attached hydrogens (tertiary/aromatic N) is 3.